The Morgan fingerprint density at radius 3 is 2.82 bits per heavy atom. The van der Waals surface area contributed by atoms with Crippen molar-refractivity contribution in [1.29, 1.82) is 0 Å². The van der Waals surface area contributed by atoms with Gasteiger partial charge in [0.1, 0.15) is 6.61 Å². The lowest BCUT2D eigenvalue weighted by Crippen LogP contribution is -2.36. The Labute approximate surface area is 159 Å². The highest BCUT2D eigenvalue weighted by atomic mass is 16.6. The van der Waals surface area contributed by atoms with Crippen LogP contribution in [0.2, 0.25) is 0 Å². The number of non-ortho nitro benzene ring substituents is 1. The number of hydrogen-bond acceptors (Lipinski definition) is 8. The smallest absolute Gasteiger partial charge is 0.337 e. The molecule has 28 heavy (non-hydrogen) atoms. The molecule has 2 aromatic rings. The monoisotopic (exact) mass is 390 g/mol. The standard InChI is InChI=1S/C16H18N6O6/c1-27-6-7-28-16-19-15-18-14(24)10(9-21(15)20-16)8-13(23)17-11-2-4-12(5-3-11)22(25)26/h2-5,10H,6-9H2,1H3,(H,17,23)(H,18,19,20,24). The highest BCUT2D eigenvalue weighted by Gasteiger charge is 2.30. The van der Waals surface area contributed by atoms with E-state index in [1.807, 2.05) is 0 Å². The number of aromatic nitrogens is 3. The van der Waals surface area contributed by atoms with Crippen molar-refractivity contribution in [2.24, 2.45) is 5.92 Å². The molecule has 1 aromatic carbocycles. The molecule has 0 saturated heterocycles. The van der Waals surface area contributed by atoms with E-state index >= 15 is 0 Å². The van der Waals surface area contributed by atoms with Gasteiger partial charge in [0.05, 0.1) is 24.0 Å². The van der Waals surface area contributed by atoms with Crippen LogP contribution in [-0.2, 0) is 20.9 Å². The highest BCUT2D eigenvalue weighted by molar-refractivity contribution is 5.98. The zero-order chi connectivity index (χ0) is 20.1. The molecule has 1 unspecified atom stereocenters. The number of carbonyl (C=O) groups is 2. The van der Waals surface area contributed by atoms with E-state index in [-0.39, 0.29) is 43.1 Å². The Hall–Kier alpha value is -3.54. The number of rotatable bonds is 8. The second kappa shape index (κ2) is 8.43. The summed E-state index contributed by atoms with van der Waals surface area (Å²) in [4.78, 5) is 38.6. The van der Waals surface area contributed by atoms with Gasteiger partial charge in [0.15, 0.2) is 0 Å². The first-order chi connectivity index (χ1) is 13.5. The molecule has 0 fully saturated rings. The lowest BCUT2D eigenvalue weighted by molar-refractivity contribution is -0.384. The van der Waals surface area contributed by atoms with Crippen LogP contribution in [0.5, 0.6) is 6.01 Å². The van der Waals surface area contributed by atoms with Crippen LogP contribution in [0.1, 0.15) is 6.42 Å². The van der Waals surface area contributed by atoms with Crippen LogP contribution >= 0.6 is 0 Å². The number of methoxy groups -OCH3 is 1. The number of amides is 2. The summed E-state index contributed by atoms with van der Waals surface area (Å²) < 4.78 is 11.7. The molecule has 0 saturated carbocycles. The lowest BCUT2D eigenvalue weighted by atomic mass is 10.0. The minimum absolute atomic E-state index is 0.0770. The van der Waals surface area contributed by atoms with Crippen molar-refractivity contribution in [1.82, 2.24) is 14.8 Å². The summed E-state index contributed by atoms with van der Waals surface area (Å²) in [7, 11) is 1.54. The van der Waals surface area contributed by atoms with Gasteiger partial charge in [-0.25, -0.2) is 4.68 Å². The molecule has 0 aliphatic carbocycles. The fourth-order valence-corrected chi connectivity index (χ4v) is 2.58. The Balaban J connectivity index is 1.58. The van der Waals surface area contributed by atoms with Crippen molar-refractivity contribution in [2.45, 2.75) is 13.0 Å². The van der Waals surface area contributed by atoms with Crippen LogP contribution in [0.3, 0.4) is 0 Å². The number of fused-ring (bicyclic) bond motifs is 1. The molecule has 2 amide bonds. The summed E-state index contributed by atoms with van der Waals surface area (Å²) in [6.45, 7) is 0.826. The maximum atomic E-state index is 12.2. The average molecular weight is 390 g/mol. The summed E-state index contributed by atoms with van der Waals surface area (Å²) in [5, 5.41) is 20.0. The first-order valence-corrected chi connectivity index (χ1v) is 8.38. The second-order valence-electron chi connectivity index (χ2n) is 5.98. The third-order valence-corrected chi connectivity index (χ3v) is 3.96. The minimum Gasteiger partial charge on any atom is -0.460 e. The molecule has 0 radical (unpaired) electrons. The number of nitro groups is 1. The molecule has 2 N–H and O–H groups in total. The van der Waals surface area contributed by atoms with E-state index in [4.69, 9.17) is 9.47 Å². The third-order valence-electron chi connectivity index (χ3n) is 3.96. The molecule has 1 aromatic heterocycles. The average Bonchev–Trinajstić information content (AvgIpc) is 3.04. The Bertz CT molecular complexity index is 880. The van der Waals surface area contributed by atoms with Crippen LogP contribution in [0.4, 0.5) is 17.3 Å². The predicted octanol–water partition coefficient (Wildman–Crippen LogP) is 0.809. The number of benzene rings is 1. The van der Waals surface area contributed by atoms with E-state index in [0.717, 1.165) is 0 Å². The van der Waals surface area contributed by atoms with Crippen molar-refractivity contribution in [3.63, 3.8) is 0 Å². The van der Waals surface area contributed by atoms with Gasteiger partial charge < -0.3 is 14.8 Å². The van der Waals surface area contributed by atoms with E-state index in [2.05, 4.69) is 20.7 Å². The zero-order valence-electron chi connectivity index (χ0n) is 15.0. The van der Waals surface area contributed by atoms with Gasteiger partial charge in [-0.3, -0.25) is 25.0 Å². The van der Waals surface area contributed by atoms with Gasteiger partial charge in [0.25, 0.3) is 5.69 Å². The number of anilines is 2. The molecule has 3 rings (SSSR count). The van der Waals surface area contributed by atoms with Crippen molar-refractivity contribution < 1.29 is 24.0 Å². The second-order valence-corrected chi connectivity index (χ2v) is 5.98. The van der Waals surface area contributed by atoms with Crippen LogP contribution in [0.15, 0.2) is 24.3 Å². The van der Waals surface area contributed by atoms with Gasteiger partial charge in [0, 0.05) is 31.4 Å². The first-order valence-electron chi connectivity index (χ1n) is 8.38. The Morgan fingerprint density at radius 2 is 2.14 bits per heavy atom. The SMILES string of the molecule is COCCOc1nc2n(n1)CC(CC(=O)Nc1ccc([N+](=O)[O-])cc1)C(=O)N2. The van der Waals surface area contributed by atoms with Crippen LogP contribution in [-0.4, -0.2) is 51.8 Å². The van der Waals surface area contributed by atoms with E-state index < -0.39 is 16.7 Å². The summed E-state index contributed by atoms with van der Waals surface area (Å²) in [5.41, 5.74) is 0.328. The fraction of sp³-hybridized carbons (Fsp3) is 0.375. The number of nitrogens with one attached hydrogen (secondary N) is 2. The molecule has 12 nitrogen and oxygen atoms in total. The van der Waals surface area contributed by atoms with Gasteiger partial charge >= 0.3 is 6.01 Å². The molecule has 1 atom stereocenters. The molecule has 148 valence electrons. The number of nitro benzene ring substituents is 1. The van der Waals surface area contributed by atoms with Gasteiger partial charge in [-0.1, -0.05) is 0 Å². The highest BCUT2D eigenvalue weighted by Crippen LogP contribution is 2.22. The van der Waals surface area contributed by atoms with Crippen LogP contribution < -0.4 is 15.4 Å². The topological polar surface area (TPSA) is 151 Å². The number of ether oxygens (including phenoxy) is 2. The maximum absolute atomic E-state index is 12.2. The summed E-state index contributed by atoms with van der Waals surface area (Å²) in [6.07, 6.45) is -0.0814. The number of carbonyl (C=O) groups excluding carboxylic acids is 2. The van der Waals surface area contributed by atoms with Crippen molar-refractivity contribution >= 4 is 29.1 Å². The van der Waals surface area contributed by atoms with Gasteiger partial charge in [-0.15, -0.1) is 5.10 Å². The van der Waals surface area contributed by atoms with Crippen LogP contribution in [0, 0.1) is 16.0 Å². The van der Waals surface area contributed by atoms with E-state index in [9.17, 15) is 19.7 Å². The maximum Gasteiger partial charge on any atom is 0.337 e. The Kier molecular flexibility index (Phi) is 5.79. The summed E-state index contributed by atoms with van der Waals surface area (Å²) in [5.74, 6) is -1.13. The molecular weight excluding hydrogens is 372 g/mol. The van der Waals surface area contributed by atoms with Gasteiger partial charge in [0.2, 0.25) is 17.8 Å². The molecule has 1 aliphatic heterocycles. The minimum atomic E-state index is -0.640. The fourth-order valence-electron chi connectivity index (χ4n) is 2.58. The van der Waals surface area contributed by atoms with Gasteiger partial charge in [-0.05, 0) is 12.1 Å². The normalized spacial score (nSPS) is 15.5. The zero-order valence-corrected chi connectivity index (χ0v) is 15.0. The van der Waals surface area contributed by atoms with Crippen molar-refractivity contribution in [3.8, 4) is 6.01 Å². The van der Waals surface area contributed by atoms with Crippen molar-refractivity contribution in [2.75, 3.05) is 31.0 Å². The predicted molar refractivity (Wildman–Crippen MR) is 95.9 cm³/mol. The van der Waals surface area contributed by atoms with Crippen LogP contribution in [0.25, 0.3) is 0 Å². The molecule has 1 aliphatic rings. The largest absolute Gasteiger partial charge is 0.460 e. The first kappa shape index (κ1) is 19.2. The summed E-state index contributed by atoms with van der Waals surface area (Å²) in [6, 6.07) is 5.54. The Morgan fingerprint density at radius 1 is 1.39 bits per heavy atom. The quantitative estimate of drug-likeness (QED) is 0.382. The van der Waals surface area contributed by atoms with E-state index in [0.29, 0.717) is 12.3 Å². The van der Waals surface area contributed by atoms with Crippen molar-refractivity contribution in [3.05, 3.63) is 34.4 Å². The van der Waals surface area contributed by atoms with E-state index in [1.165, 1.54) is 28.9 Å². The number of nitrogens with zero attached hydrogens (tertiary/aromatic N) is 4. The summed E-state index contributed by atoms with van der Waals surface area (Å²) >= 11 is 0. The molecular formula is C16H18N6O6. The van der Waals surface area contributed by atoms with Gasteiger partial charge in [-0.2, -0.15) is 4.98 Å². The molecule has 0 bridgehead atoms. The third kappa shape index (κ3) is 4.59. The molecule has 12 heteroatoms. The lowest BCUT2D eigenvalue weighted by Gasteiger charge is -2.21. The molecule has 0 spiro atoms. The van der Waals surface area contributed by atoms with E-state index in [1.54, 1.807) is 7.11 Å². The number of hydrogen-bond donors (Lipinski definition) is 2. The molecule has 2 heterocycles.